The van der Waals surface area contributed by atoms with Gasteiger partial charge in [-0.05, 0) is 42.8 Å². The summed E-state index contributed by atoms with van der Waals surface area (Å²) in [5.41, 5.74) is 7.96. The minimum Gasteiger partial charge on any atom is -0.495 e. The van der Waals surface area contributed by atoms with Gasteiger partial charge in [0.2, 0.25) is 0 Å². The van der Waals surface area contributed by atoms with Crippen LogP contribution in [0.2, 0.25) is 5.02 Å². The first kappa shape index (κ1) is 15.7. The lowest BCUT2D eigenvalue weighted by molar-refractivity contribution is 0.102. The largest absolute Gasteiger partial charge is 0.495 e. The van der Waals surface area contributed by atoms with E-state index < -0.39 is 0 Å². The predicted octanol–water partition coefficient (Wildman–Crippen LogP) is 4.25. The van der Waals surface area contributed by atoms with Crippen molar-refractivity contribution >= 4 is 44.8 Å². The molecule has 0 unspecified atom stereocenters. The van der Waals surface area contributed by atoms with E-state index in [0.29, 0.717) is 27.7 Å². The number of nitrogens with two attached hydrogens (primary N) is 1. The third-order valence-electron chi connectivity index (χ3n) is 2.96. The second kappa shape index (κ2) is 6.37. The summed E-state index contributed by atoms with van der Waals surface area (Å²) in [6.07, 6.45) is 0. The predicted molar refractivity (Wildman–Crippen MR) is 89.2 cm³/mol. The molecule has 1 amide bonds. The van der Waals surface area contributed by atoms with Crippen LogP contribution in [-0.4, -0.2) is 13.0 Å². The molecular formula is C15H14BrClN2O2. The maximum absolute atomic E-state index is 12.4. The fourth-order valence-electron chi connectivity index (χ4n) is 1.93. The Morgan fingerprint density at radius 1 is 1.33 bits per heavy atom. The number of halogens is 2. The SMILES string of the molecule is COc1cc(Br)cc(C)c1NC(=O)c1cc(N)ccc1Cl. The molecule has 0 heterocycles. The number of methoxy groups -OCH3 is 1. The van der Waals surface area contributed by atoms with Gasteiger partial charge in [0.15, 0.2) is 0 Å². The van der Waals surface area contributed by atoms with Crippen molar-refractivity contribution in [1.82, 2.24) is 0 Å². The molecule has 0 bridgehead atoms. The lowest BCUT2D eigenvalue weighted by Crippen LogP contribution is -2.14. The molecule has 0 aliphatic rings. The summed E-state index contributed by atoms with van der Waals surface area (Å²) in [5.74, 6) is 0.228. The number of rotatable bonds is 3. The first-order valence-electron chi connectivity index (χ1n) is 6.13. The molecule has 110 valence electrons. The van der Waals surface area contributed by atoms with Crippen LogP contribution < -0.4 is 15.8 Å². The van der Waals surface area contributed by atoms with Gasteiger partial charge in [-0.15, -0.1) is 0 Å². The van der Waals surface area contributed by atoms with Gasteiger partial charge in [-0.2, -0.15) is 0 Å². The quantitative estimate of drug-likeness (QED) is 0.795. The molecule has 0 aliphatic carbocycles. The van der Waals surface area contributed by atoms with Crippen molar-refractivity contribution in [3.63, 3.8) is 0 Å². The first-order chi connectivity index (χ1) is 9.92. The number of anilines is 2. The van der Waals surface area contributed by atoms with Crippen molar-refractivity contribution in [1.29, 1.82) is 0 Å². The lowest BCUT2D eigenvalue weighted by atomic mass is 10.1. The Labute approximate surface area is 136 Å². The van der Waals surface area contributed by atoms with Gasteiger partial charge >= 0.3 is 0 Å². The van der Waals surface area contributed by atoms with E-state index in [4.69, 9.17) is 22.1 Å². The summed E-state index contributed by atoms with van der Waals surface area (Å²) in [4.78, 5) is 12.4. The molecule has 0 aliphatic heterocycles. The molecule has 0 spiro atoms. The van der Waals surface area contributed by atoms with E-state index in [9.17, 15) is 4.79 Å². The third-order valence-corrected chi connectivity index (χ3v) is 3.75. The van der Waals surface area contributed by atoms with E-state index in [-0.39, 0.29) is 5.91 Å². The highest BCUT2D eigenvalue weighted by Crippen LogP contribution is 2.33. The van der Waals surface area contributed by atoms with Crippen molar-refractivity contribution in [2.75, 3.05) is 18.2 Å². The second-order valence-electron chi connectivity index (χ2n) is 4.49. The van der Waals surface area contributed by atoms with E-state index in [1.807, 2.05) is 13.0 Å². The Kier molecular flexibility index (Phi) is 4.75. The zero-order valence-corrected chi connectivity index (χ0v) is 13.9. The first-order valence-corrected chi connectivity index (χ1v) is 7.30. The molecule has 6 heteroatoms. The third kappa shape index (κ3) is 3.49. The fourth-order valence-corrected chi connectivity index (χ4v) is 2.69. The van der Waals surface area contributed by atoms with Gasteiger partial charge in [0, 0.05) is 10.2 Å². The van der Waals surface area contributed by atoms with E-state index in [1.165, 1.54) is 0 Å². The molecule has 2 aromatic rings. The van der Waals surface area contributed by atoms with E-state index in [1.54, 1.807) is 31.4 Å². The monoisotopic (exact) mass is 368 g/mol. The zero-order valence-electron chi connectivity index (χ0n) is 11.5. The fraction of sp³-hybridized carbons (Fsp3) is 0.133. The van der Waals surface area contributed by atoms with E-state index in [0.717, 1.165) is 10.0 Å². The molecule has 4 nitrogen and oxygen atoms in total. The number of carbonyl (C=O) groups is 1. The molecule has 0 atom stereocenters. The standard InChI is InChI=1S/C15H14BrClN2O2/c1-8-5-9(16)6-13(21-2)14(8)19-15(20)11-7-10(18)3-4-12(11)17/h3-7H,18H2,1-2H3,(H,19,20). The molecular weight excluding hydrogens is 356 g/mol. The minimum atomic E-state index is -0.337. The molecule has 0 fully saturated rings. The summed E-state index contributed by atoms with van der Waals surface area (Å²) in [7, 11) is 1.55. The van der Waals surface area contributed by atoms with Crippen LogP contribution in [0.5, 0.6) is 5.75 Å². The van der Waals surface area contributed by atoms with Crippen molar-refractivity contribution in [3.05, 3.63) is 51.0 Å². The normalized spacial score (nSPS) is 10.3. The van der Waals surface area contributed by atoms with Crippen LogP contribution >= 0.6 is 27.5 Å². The Hall–Kier alpha value is -1.72. The smallest absolute Gasteiger partial charge is 0.257 e. The van der Waals surface area contributed by atoms with Crippen molar-refractivity contribution in [2.45, 2.75) is 6.92 Å². The summed E-state index contributed by atoms with van der Waals surface area (Å²) in [5, 5.41) is 3.16. The number of carbonyl (C=O) groups excluding carboxylic acids is 1. The van der Waals surface area contributed by atoms with Gasteiger partial charge in [0.25, 0.3) is 5.91 Å². The summed E-state index contributed by atoms with van der Waals surface area (Å²) < 4.78 is 6.17. The molecule has 0 saturated carbocycles. The molecule has 2 rings (SSSR count). The number of aryl methyl sites for hydroxylation is 1. The average Bonchev–Trinajstić information content (AvgIpc) is 2.43. The number of ether oxygens (including phenoxy) is 1. The van der Waals surface area contributed by atoms with Crippen LogP contribution in [0.1, 0.15) is 15.9 Å². The summed E-state index contributed by atoms with van der Waals surface area (Å²) in [6.45, 7) is 1.88. The van der Waals surface area contributed by atoms with Gasteiger partial charge in [-0.1, -0.05) is 27.5 Å². The number of hydrogen-bond acceptors (Lipinski definition) is 3. The Balaban J connectivity index is 2.38. The van der Waals surface area contributed by atoms with E-state index in [2.05, 4.69) is 21.2 Å². The number of hydrogen-bond donors (Lipinski definition) is 2. The number of nitrogen functional groups attached to an aromatic ring is 1. The Morgan fingerprint density at radius 3 is 2.71 bits per heavy atom. The van der Waals surface area contributed by atoms with Gasteiger partial charge in [0.05, 0.1) is 23.4 Å². The molecule has 2 aromatic carbocycles. The number of amides is 1. The number of benzene rings is 2. The van der Waals surface area contributed by atoms with Gasteiger partial charge in [0.1, 0.15) is 5.75 Å². The number of nitrogens with one attached hydrogen (secondary N) is 1. The topological polar surface area (TPSA) is 64.3 Å². The maximum atomic E-state index is 12.4. The van der Waals surface area contributed by atoms with Crippen LogP contribution in [0, 0.1) is 6.92 Å². The Morgan fingerprint density at radius 2 is 2.05 bits per heavy atom. The van der Waals surface area contributed by atoms with Gasteiger partial charge < -0.3 is 15.8 Å². The molecule has 21 heavy (non-hydrogen) atoms. The molecule has 0 aromatic heterocycles. The van der Waals surface area contributed by atoms with Crippen molar-refractivity contribution in [3.8, 4) is 5.75 Å². The van der Waals surface area contributed by atoms with Gasteiger partial charge in [-0.25, -0.2) is 0 Å². The summed E-state index contributed by atoms with van der Waals surface area (Å²) >= 11 is 9.43. The summed E-state index contributed by atoms with van der Waals surface area (Å²) in [6, 6.07) is 8.45. The lowest BCUT2D eigenvalue weighted by Gasteiger charge is -2.14. The molecule has 3 N–H and O–H groups in total. The maximum Gasteiger partial charge on any atom is 0.257 e. The van der Waals surface area contributed by atoms with Crippen molar-refractivity contribution < 1.29 is 9.53 Å². The van der Waals surface area contributed by atoms with Crippen LogP contribution in [-0.2, 0) is 0 Å². The van der Waals surface area contributed by atoms with Crippen LogP contribution in [0.3, 0.4) is 0 Å². The highest BCUT2D eigenvalue weighted by molar-refractivity contribution is 9.10. The molecule has 0 radical (unpaired) electrons. The minimum absolute atomic E-state index is 0.320. The second-order valence-corrected chi connectivity index (χ2v) is 5.82. The highest BCUT2D eigenvalue weighted by Gasteiger charge is 2.15. The van der Waals surface area contributed by atoms with Gasteiger partial charge in [-0.3, -0.25) is 4.79 Å². The van der Waals surface area contributed by atoms with Crippen molar-refractivity contribution in [2.24, 2.45) is 0 Å². The van der Waals surface area contributed by atoms with Crippen LogP contribution in [0.25, 0.3) is 0 Å². The van der Waals surface area contributed by atoms with E-state index >= 15 is 0 Å². The average molecular weight is 370 g/mol. The van der Waals surface area contributed by atoms with Crippen LogP contribution in [0.15, 0.2) is 34.8 Å². The Bertz CT molecular complexity index is 704. The highest BCUT2D eigenvalue weighted by atomic mass is 79.9. The zero-order chi connectivity index (χ0) is 15.6. The van der Waals surface area contributed by atoms with Crippen LogP contribution in [0.4, 0.5) is 11.4 Å². The molecule has 0 saturated heterocycles.